The van der Waals surface area contributed by atoms with Crippen LogP contribution in [0, 0.1) is 0 Å². The molecule has 1 amide bonds. The van der Waals surface area contributed by atoms with Gasteiger partial charge in [0, 0.05) is 9.79 Å². The summed E-state index contributed by atoms with van der Waals surface area (Å²) < 4.78 is 0. The van der Waals surface area contributed by atoms with Gasteiger partial charge in [0.15, 0.2) is 0 Å². The van der Waals surface area contributed by atoms with Crippen LogP contribution in [0.5, 0.6) is 0 Å². The van der Waals surface area contributed by atoms with E-state index in [0.717, 1.165) is 26.8 Å². The highest BCUT2D eigenvalue weighted by Gasteiger charge is 2.12. The van der Waals surface area contributed by atoms with Crippen molar-refractivity contribution >= 4 is 35.1 Å². The number of thioether (sulfide) groups is 2. The van der Waals surface area contributed by atoms with E-state index in [0.29, 0.717) is 0 Å². The fraction of sp³-hybridized carbons (Fsp3) is 0.188. The number of nitrogens with one attached hydrogen (secondary N) is 1. The first-order chi connectivity index (χ1) is 9.76. The standard InChI is InChI=1S/C16H17NOS2/c1-3-20-14-10-6-4-8-12(14)16(18)17-13-9-5-7-11-15(13)19-2/h4-11H,3H2,1-2H3,(H,17,18). The van der Waals surface area contributed by atoms with Crippen LogP contribution in [-0.4, -0.2) is 17.9 Å². The largest absolute Gasteiger partial charge is 0.321 e. The molecule has 0 aromatic heterocycles. The maximum atomic E-state index is 12.4. The first-order valence-corrected chi connectivity index (χ1v) is 8.63. The van der Waals surface area contributed by atoms with Gasteiger partial charge in [-0.25, -0.2) is 0 Å². The topological polar surface area (TPSA) is 29.1 Å². The smallest absolute Gasteiger partial charge is 0.256 e. The molecule has 0 aliphatic carbocycles. The molecule has 0 saturated carbocycles. The van der Waals surface area contributed by atoms with Crippen LogP contribution in [0.25, 0.3) is 0 Å². The third kappa shape index (κ3) is 3.58. The van der Waals surface area contributed by atoms with E-state index in [2.05, 4.69) is 12.2 Å². The van der Waals surface area contributed by atoms with Crippen molar-refractivity contribution in [2.24, 2.45) is 0 Å². The van der Waals surface area contributed by atoms with Gasteiger partial charge < -0.3 is 5.32 Å². The normalized spacial score (nSPS) is 10.3. The van der Waals surface area contributed by atoms with Gasteiger partial charge in [-0.05, 0) is 36.3 Å². The molecular weight excluding hydrogens is 286 g/mol. The Hall–Kier alpha value is -1.39. The van der Waals surface area contributed by atoms with Gasteiger partial charge in [0.2, 0.25) is 0 Å². The van der Waals surface area contributed by atoms with Crippen molar-refractivity contribution in [1.82, 2.24) is 0 Å². The van der Waals surface area contributed by atoms with E-state index in [-0.39, 0.29) is 5.91 Å². The summed E-state index contributed by atoms with van der Waals surface area (Å²) in [6, 6.07) is 15.6. The summed E-state index contributed by atoms with van der Waals surface area (Å²) in [4.78, 5) is 14.5. The van der Waals surface area contributed by atoms with Crippen molar-refractivity contribution in [2.75, 3.05) is 17.3 Å². The van der Waals surface area contributed by atoms with Crippen LogP contribution in [0.1, 0.15) is 17.3 Å². The Morgan fingerprint density at radius 1 is 1.05 bits per heavy atom. The Labute approximate surface area is 128 Å². The van der Waals surface area contributed by atoms with Gasteiger partial charge in [-0.3, -0.25) is 4.79 Å². The number of carbonyl (C=O) groups excluding carboxylic acids is 1. The van der Waals surface area contributed by atoms with E-state index in [1.807, 2.05) is 54.8 Å². The molecule has 4 heteroatoms. The maximum Gasteiger partial charge on any atom is 0.256 e. The molecule has 2 rings (SSSR count). The predicted molar refractivity (Wildman–Crippen MR) is 89.0 cm³/mol. The fourth-order valence-electron chi connectivity index (χ4n) is 1.87. The highest BCUT2D eigenvalue weighted by molar-refractivity contribution is 7.99. The molecule has 0 bridgehead atoms. The molecule has 0 spiro atoms. The molecule has 1 N–H and O–H groups in total. The Morgan fingerprint density at radius 3 is 2.40 bits per heavy atom. The molecule has 0 saturated heterocycles. The first kappa shape index (κ1) is 15.0. The van der Waals surface area contributed by atoms with E-state index in [1.165, 1.54) is 0 Å². The fourth-order valence-corrected chi connectivity index (χ4v) is 3.23. The highest BCUT2D eigenvalue weighted by atomic mass is 32.2. The van der Waals surface area contributed by atoms with Crippen molar-refractivity contribution in [2.45, 2.75) is 16.7 Å². The average molecular weight is 303 g/mol. The number of benzene rings is 2. The molecule has 0 aliphatic heterocycles. The second-order valence-electron chi connectivity index (χ2n) is 4.08. The van der Waals surface area contributed by atoms with Crippen LogP contribution in [0.2, 0.25) is 0 Å². The first-order valence-electron chi connectivity index (χ1n) is 6.42. The molecule has 2 aromatic rings. The van der Waals surface area contributed by atoms with Gasteiger partial charge in [0.05, 0.1) is 11.3 Å². The molecule has 2 aromatic carbocycles. The molecule has 0 aliphatic rings. The summed E-state index contributed by atoms with van der Waals surface area (Å²) in [5.74, 6) is 0.897. The molecule has 0 heterocycles. The zero-order chi connectivity index (χ0) is 14.4. The molecule has 2 nitrogen and oxygen atoms in total. The maximum absolute atomic E-state index is 12.4. The summed E-state index contributed by atoms with van der Waals surface area (Å²) in [5.41, 5.74) is 1.59. The number of para-hydroxylation sites is 1. The molecule has 0 atom stereocenters. The van der Waals surface area contributed by atoms with Crippen molar-refractivity contribution in [3.8, 4) is 0 Å². The van der Waals surface area contributed by atoms with Crippen molar-refractivity contribution in [3.63, 3.8) is 0 Å². The number of rotatable bonds is 5. The Bertz CT molecular complexity index is 599. The number of hydrogen-bond acceptors (Lipinski definition) is 3. The van der Waals surface area contributed by atoms with Crippen LogP contribution in [0.4, 0.5) is 5.69 Å². The Kier molecular flexibility index (Phi) is 5.56. The third-order valence-corrected chi connectivity index (χ3v) is 4.54. The Balaban J connectivity index is 2.24. The van der Waals surface area contributed by atoms with Crippen molar-refractivity contribution in [3.05, 3.63) is 54.1 Å². The van der Waals surface area contributed by atoms with Gasteiger partial charge >= 0.3 is 0 Å². The van der Waals surface area contributed by atoms with E-state index in [9.17, 15) is 4.79 Å². The Morgan fingerprint density at radius 2 is 1.70 bits per heavy atom. The lowest BCUT2D eigenvalue weighted by Crippen LogP contribution is -2.13. The van der Waals surface area contributed by atoms with Crippen molar-refractivity contribution in [1.29, 1.82) is 0 Å². The number of carbonyl (C=O) groups is 1. The summed E-state index contributed by atoms with van der Waals surface area (Å²) in [5, 5.41) is 3.00. The van der Waals surface area contributed by atoms with E-state index in [1.54, 1.807) is 23.5 Å². The number of hydrogen-bond donors (Lipinski definition) is 1. The van der Waals surface area contributed by atoms with Gasteiger partial charge in [0.1, 0.15) is 0 Å². The van der Waals surface area contributed by atoms with Crippen LogP contribution in [-0.2, 0) is 0 Å². The van der Waals surface area contributed by atoms with Gasteiger partial charge in [-0.2, -0.15) is 0 Å². The SMILES string of the molecule is CCSc1ccccc1C(=O)Nc1ccccc1SC. The molecule has 104 valence electrons. The zero-order valence-corrected chi connectivity index (χ0v) is 13.2. The van der Waals surface area contributed by atoms with Gasteiger partial charge in [0.25, 0.3) is 5.91 Å². The second kappa shape index (κ2) is 7.41. The van der Waals surface area contributed by atoms with Crippen LogP contribution in [0.15, 0.2) is 58.3 Å². The number of amides is 1. The lowest BCUT2D eigenvalue weighted by Gasteiger charge is -2.11. The zero-order valence-electron chi connectivity index (χ0n) is 11.6. The lowest BCUT2D eigenvalue weighted by atomic mass is 10.2. The average Bonchev–Trinajstić information content (AvgIpc) is 2.48. The molecular formula is C16H17NOS2. The van der Waals surface area contributed by atoms with Crippen LogP contribution in [0.3, 0.4) is 0 Å². The quantitative estimate of drug-likeness (QED) is 0.806. The van der Waals surface area contributed by atoms with Crippen LogP contribution >= 0.6 is 23.5 Å². The lowest BCUT2D eigenvalue weighted by molar-refractivity contribution is 0.102. The minimum Gasteiger partial charge on any atom is -0.321 e. The summed E-state index contributed by atoms with van der Waals surface area (Å²) in [6.45, 7) is 2.09. The molecule has 20 heavy (non-hydrogen) atoms. The van der Waals surface area contributed by atoms with E-state index < -0.39 is 0 Å². The second-order valence-corrected chi connectivity index (χ2v) is 6.24. The molecule has 0 unspecified atom stereocenters. The molecule has 0 fully saturated rings. The predicted octanol–water partition coefficient (Wildman–Crippen LogP) is 4.77. The highest BCUT2D eigenvalue weighted by Crippen LogP contribution is 2.27. The summed E-state index contributed by atoms with van der Waals surface area (Å²) in [7, 11) is 0. The minimum absolute atomic E-state index is 0.0527. The number of anilines is 1. The van der Waals surface area contributed by atoms with Crippen molar-refractivity contribution < 1.29 is 4.79 Å². The minimum atomic E-state index is -0.0527. The monoisotopic (exact) mass is 303 g/mol. The van der Waals surface area contributed by atoms with Crippen LogP contribution < -0.4 is 5.32 Å². The summed E-state index contributed by atoms with van der Waals surface area (Å²) in [6.07, 6.45) is 2.01. The van der Waals surface area contributed by atoms with Gasteiger partial charge in [-0.15, -0.1) is 23.5 Å². The molecule has 0 radical (unpaired) electrons. The van der Waals surface area contributed by atoms with E-state index >= 15 is 0 Å². The summed E-state index contributed by atoms with van der Waals surface area (Å²) >= 11 is 3.31. The van der Waals surface area contributed by atoms with Gasteiger partial charge in [-0.1, -0.05) is 31.2 Å². The van der Waals surface area contributed by atoms with E-state index in [4.69, 9.17) is 0 Å². The third-order valence-electron chi connectivity index (χ3n) is 2.79.